The maximum absolute atomic E-state index is 13.9. The van der Waals surface area contributed by atoms with E-state index >= 15 is 0 Å². The highest BCUT2D eigenvalue weighted by Gasteiger charge is 2.32. The zero-order valence-corrected chi connectivity index (χ0v) is 22.7. The number of halogens is 1. The number of rotatable bonds is 4. The lowest BCUT2D eigenvalue weighted by Crippen LogP contribution is -2.40. The van der Waals surface area contributed by atoms with Crippen molar-refractivity contribution in [1.29, 1.82) is 0 Å². The Bertz CT molecular complexity index is 2080. The van der Waals surface area contributed by atoms with Gasteiger partial charge in [-0.25, -0.2) is 14.2 Å². The monoisotopic (exact) mass is 553 g/mol. The normalized spacial score (nSPS) is 15.3. The number of allylic oxidation sites excluding steroid dienone is 1. The molecular formula is C30H24FN5O3S. The first kappa shape index (κ1) is 25.4. The van der Waals surface area contributed by atoms with Gasteiger partial charge in [-0.3, -0.25) is 23.3 Å². The Balaban J connectivity index is 1.51. The third-order valence-electron chi connectivity index (χ3n) is 7.08. The maximum atomic E-state index is 13.9. The predicted molar refractivity (Wildman–Crippen MR) is 153 cm³/mol. The molecule has 1 aliphatic rings. The molecule has 1 atom stereocenters. The van der Waals surface area contributed by atoms with Crippen LogP contribution in [0.1, 0.15) is 24.1 Å². The molecular weight excluding hydrogens is 529 g/mol. The van der Waals surface area contributed by atoms with Crippen LogP contribution in [0.15, 0.2) is 98.6 Å². The minimum absolute atomic E-state index is 0.136. The van der Waals surface area contributed by atoms with Crippen molar-refractivity contribution in [2.75, 3.05) is 5.32 Å². The van der Waals surface area contributed by atoms with E-state index in [9.17, 15) is 18.8 Å². The van der Waals surface area contributed by atoms with E-state index in [0.717, 1.165) is 16.6 Å². The summed E-state index contributed by atoms with van der Waals surface area (Å²) in [6.45, 7) is 1.73. The quantitative estimate of drug-likeness (QED) is 0.371. The Kier molecular flexibility index (Phi) is 6.19. The number of carbonyl (C=O) groups is 1. The standard InChI is InChI=1S/C30H24FN5O3S/c1-17-25(27(37)33-21-7-5-4-6-8-21)26(19-10-12-20(31)13-11-19)36-28(38)24(40-29(36)32-17)16-18-9-14-22-23(15-18)35(3)30(39)34(22)2/h4-16,26H,1-3H3,(H,33,37). The van der Waals surface area contributed by atoms with Crippen LogP contribution in [0.3, 0.4) is 0 Å². The molecule has 0 saturated carbocycles. The SMILES string of the molecule is CC1=C(C(=O)Nc2ccccc2)C(c2ccc(F)cc2)n2c(sc(=Cc3ccc4c(c3)n(C)c(=O)n4C)c2=O)=N1. The van der Waals surface area contributed by atoms with E-state index in [0.29, 0.717) is 31.9 Å². The van der Waals surface area contributed by atoms with Gasteiger partial charge >= 0.3 is 5.69 Å². The summed E-state index contributed by atoms with van der Waals surface area (Å²) >= 11 is 1.21. The van der Waals surface area contributed by atoms with Gasteiger partial charge in [-0.2, -0.15) is 0 Å². The van der Waals surface area contributed by atoms with Crippen molar-refractivity contribution in [2.24, 2.45) is 19.1 Å². The average molecular weight is 554 g/mol. The number of nitrogens with one attached hydrogen (secondary N) is 1. The highest BCUT2D eigenvalue weighted by molar-refractivity contribution is 7.07. The van der Waals surface area contributed by atoms with Gasteiger partial charge in [-0.15, -0.1) is 0 Å². The van der Waals surface area contributed by atoms with E-state index < -0.39 is 17.8 Å². The van der Waals surface area contributed by atoms with Crippen LogP contribution in [-0.4, -0.2) is 19.6 Å². The molecule has 0 saturated heterocycles. The Labute approximate surface area is 231 Å². The van der Waals surface area contributed by atoms with Gasteiger partial charge in [-0.05, 0) is 60.5 Å². The molecule has 5 aromatic rings. The number of nitrogens with zero attached hydrogens (tertiary/aromatic N) is 4. The van der Waals surface area contributed by atoms with Gasteiger partial charge in [-0.1, -0.05) is 47.7 Å². The first-order valence-electron chi connectivity index (χ1n) is 12.5. The number of para-hydroxylation sites is 1. The Hall–Kier alpha value is -4.83. The van der Waals surface area contributed by atoms with Crippen molar-refractivity contribution >= 4 is 40.0 Å². The number of imidazole rings is 1. The molecule has 0 bridgehead atoms. The second kappa shape index (κ2) is 9.73. The number of amides is 1. The summed E-state index contributed by atoms with van der Waals surface area (Å²) in [6.07, 6.45) is 1.76. The first-order valence-corrected chi connectivity index (χ1v) is 13.3. The summed E-state index contributed by atoms with van der Waals surface area (Å²) in [5, 5.41) is 2.90. The lowest BCUT2D eigenvalue weighted by atomic mass is 9.95. The molecule has 0 aliphatic carbocycles. The smallest absolute Gasteiger partial charge is 0.322 e. The highest BCUT2D eigenvalue weighted by atomic mass is 32.1. The topological polar surface area (TPSA) is 90.4 Å². The number of hydrogen-bond donors (Lipinski definition) is 1. The van der Waals surface area contributed by atoms with Crippen molar-refractivity contribution in [3.05, 3.63) is 131 Å². The van der Waals surface area contributed by atoms with Gasteiger partial charge < -0.3 is 5.32 Å². The molecule has 0 spiro atoms. The lowest BCUT2D eigenvalue weighted by molar-refractivity contribution is -0.113. The third-order valence-corrected chi connectivity index (χ3v) is 8.06. The number of thiazole rings is 1. The molecule has 3 aromatic carbocycles. The molecule has 0 radical (unpaired) electrons. The fraction of sp³-hybridized carbons (Fsp3) is 0.133. The van der Waals surface area contributed by atoms with Crippen molar-refractivity contribution in [3.63, 3.8) is 0 Å². The summed E-state index contributed by atoms with van der Waals surface area (Å²) in [4.78, 5) is 44.9. The summed E-state index contributed by atoms with van der Waals surface area (Å²) < 4.78 is 18.9. The largest absolute Gasteiger partial charge is 0.328 e. The molecule has 40 heavy (non-hydrogen) atoms. The summed E-state index contributed by atoms with van der Waals surface area (Å²) in [5.74, 6) is -0.815. The minimum Gasteiger partial charge on any atom is -0.322 e. The van der Waals surface area contributed by atoms with E-state index in [1.807, 2.05) is 36.4 Å². The molecule has 1 unspecified atom stereocenters. The Morgan fingerprint density at radius 2 is 1.68 bits per heavy atom. The van der Waals surface area contributed by atoms with Crippen LogP contribution in [-0.2, 0) is 18.9 Å². The van der Waals surface area contributed by atoms with Crippen LogP contribution in [0.4, 0.5) is 10.1 Å². The van der Waals surface area contributed by atoms with E-state index in [2.05, 4.69) is 10.3 Å². The number of benzene rings is 3. The van der Waals surface area contributed by atoms with Crippen molar-refractivity contribution in [1.82, 2.24) is 13.7 Å². The number of carbonyl (C=O) groups excluding carboxylic acids is 1. The minimum atomic E-state index is -0.805. The van der Waals surface area contributed by atoms with Crippen LogP contribution in [0, 0.1) is 5.82 Å². The zero-order chi connectivity index (χ0) is 28.1. The Morgan fingerprint density at radius 3 is 2.40 bits per heavy atom. The van der Waals surface area contributed by atoms with Crippen LogP contribution in [0.5, 0.6) is 0 Å². The molecule has 0 fully saturated rings. The average Bonchev–Trinajstić information content (AvgIpc) is 3.36. The maximum Gasteiger partial charge on any atom is 0.328 e. The number of fused-ring (bicyclic) bond motifs is 2. The van der Waals surface area contributed by atoms with Gasteiger partial charge in [0.1, 0.15) is 5.82 Å². The van der Waals surface area contributed by atoms with Gasteiger partial charge in [0.15, 0.2) is 4.80 Å². The molecule has 8 nitrogen and oxygen atoms in total. The number of anilines is 1. The van der Waals surface area contributed by atoms with E-state index in [-0.39, 0.29) is 11.2 Å². The second-order valence-electron chi connectivity index (χ2n) is 9.60. The van der Waals surface area contributed by atoms with Crippen LogP contribution < -0.4 is 25.9 Å². The number of aromatic nitrogens is 3. The molecule has 1 amide bonds. The molecule has 2 aromatic heterocycles. The highest BCUT2D eigenvalue weighted by Crippen LogP contribution is 2.31. The third kappa shape index (κ3) is 4.22. The molecule has 10 heteroatoms. The molecule has 6 rings (SSSR count). The van der Waals surface area contributed by atoms with Crippen LogP contribution >= 0.6 is 11.3 Å². The lowest BCUT2D eigenvalue weighted by Gasteiger charge is -2.25. The summed E-state index contributed by atoms with van der Waals surface area (Å²) in [7, 11) is 3.42. The van der Waals surface area contributed by atoms with Crippen LogP contribution in [0.25, 0.3) is 17.1 Å². The van der Waals surface area contributed by atoms with Crippen molar-refractivity contribution in [3.8, 4) is 0 Å². The zero-order valence-electron chi connectivity index (χ0n) is 21.9. The molecule has 200 valence electrons. The Morgan fingerprint density at radius 1 is 0.975 bits per heavy atom. The van der Waals surface area contributed by atoms with E-state index in [1.165, 1.54) is 28.0 Å². The first-order chi connectivity index (χ1) is 19.2. The van der Waals surface area contributed by atoms with Gasteiger partial charge in [0.05, 0.1) is 32.9 Å². The summed E-state index contributed by atoms with van der Waals surface area (Å²) in [6, 6.07) is 19.5. The van der Waals surface area contributed by atoms with E-state index in [4.69, 9.17) is 0 Å². The van der Waals surface area contributed by atoms with Crippen molar-refractivity contribution in [2.45, 2.75) is 13.0 Å². The van der Waals surface area contributed by atoms with Gasteiger partial charge in [0, 0.05) is 19.8 Å². The number of aryl methyl sites for hydroxylation is 2. The van der Waals surface area contributed by atoms with E-state index in [1.54, 1.807) is 60.5 Å². The summed E-state index contributed by atoms with van der Waals surface area (Å²) in [5.41, 5.74) is 3.78. The van der Waals surface area contributed by atoms with Crippen molar-refractivity contribution < 1.29 is 9.18 Å². The second-order valence-corrected chi connectivity index (χ2v) is 10.6. The van der Waals surface area contributed by atoms with Crippen LogP contribution in [0.2, 0.25) is 0 Å². The number of hydrogen-bond acceptors (Lipinski definition) is 5. The molecule has 3 heterocycles. The fourth-order valence-electron chi connectivity index (χ4n) is 5.06. The fourth-order valence-corrected chi connectivity index (χ4v) is 6.10. The molecule has 1 aliphatic heterocycles. The van der Waals surface area contributed by atoms with Gasteiger partial charge in [0.25, 0.3) is 11.5 Å². The van der Waals surface area contributed by atoms with Gasteiger partial charge in [0.2, 0.25) is 0 Å². The molecule has 1 N–H and O–H groups in total. The predicted octanol–water partition coefficient (Wildman–Crippen LogP) is 3.20.